The molecule has 0 aliphatic heterocycles. The van der Waals surface area contributed by atoms with Gasteiger partial charge in [-0.2, -0.15) is 0 Å². The largest absolute Gasteiger partial charge is 0.348 e. The van der Waals surface area contributed by atoms with Crippen molar-refractivity contribution in [1.29, 1.82) is 0 Å². The minimum absolute atomic E-state index is 0.0995. The van der Waals surface area contributed by atoms with E-state index in [1.165, 1.54) is 34.3 Å². The number of thiophene rings is 1. The van der Waals surface area contributed by atoms with Gasteiger partial charge in [0.1, 0.15) is 22.0 Å². The van der Waals surface area contributed by atoms with E-state index in [2.05, 4.69) is 28.4 Å². The summed E-state index contributed by atoms with van der Waals surface area (Å²) in [4.78, 5) is 24.0. The number of Topliss-reactive ketones (excluding diaryl/α,β-unsaturated/α-hetero) is 1. The van der Waals surface area contributed by atoms with E-state index < -0.39 is 0 Å². The van der Waals surface area contributed by atoms with Crippen LogP contribution in [0.1, 0.15) is 37.7 Å². The fourth-order valence-electron chi connectivity index (χ4n) is 3.79. The van der Waals surface area contributed by atoms with E-state index in [9.17, 15) is 9.18 Å². The lowest BCUT2D eigenvalue weighted by Crippen LogP contribution is -2.08. The SMILES string of the molecule is Cc1sc2ncnc(SCC(=O)c3cc(C)n(CCc4ccc(F)cc4)c3C)c2c1C. The summed E-state index contributed by atoms with van der Waals surface area (Å²) in [6, 6.07) is 8.55. The fourth-order valence-corrected chi connectivity index (χ4v) is 5.79. The second kappa shape index (κ2) is 8.93. The van der Waals surface area contributed by atoms with Crippen LogP contribution in [0.15, 0.2) is 41.7 Å². The molecule has 160 valence electrons. The summed E-state index contributed by atoms with van der Waals surface area (Å²) >= 11 is 3.14. The number of hydrogen-bond donors (Lipinski definition) is 0. The molecule has 4 aromatic rings. The molecule has 7 heteroatoms. The number of hydrogen-bond acceptors (Lipinski definition) is 5. The lowest BCUT2D eigenvalue weighted by molar-refractivity contribution is 0.102. The Bertz CT molecular complexity index is 1260. The number of benzene rings is 1. The number of halogens is 1. The van der Waals surface area contributed by atoms with Crippen molar-refractivity contribution in [3.05, 3.63) is 75.4 Å². The van der Waals surface area contributed by atoms with Crippen LogP contribution >= 0.6 is 23.1 Å². The summed E-state index contributed by atoms with van der Waals surface area (Å²) in [5.74, 6) is 0.210. The zero-order valence-corrected chi connectivity index (χ0v) is 19.7. The van der Waals surface area contributed by atoms with Crippen molar-refractivity contribution < 1.29 is 9.18 Å². The van der Waals surface area contributed by atoms with Crippen molar-refractivity contribution in [2.75, 3.05) is 5.75 Å². The molecule has 0 N–H and O–H groups in total. The number of ketones is 1. The first-order valence-corrected chi connectivity index (χ1v) is 11.9. The van der Waals surface area contributed by atoms with Gasteiger partial charge in [-0.1, -0.05) is 23.9 Å². The summed E-state index contributed by atoms with van der Waals surface area (Å²) in [5, 5.41) is 1.93. The van der Waals surface area contributed by atoms with Crippen LogP contribution in [0.4, 0.5) is 4.39 Å². The van der Waals surface area contributed by atoms with Crippen LogP contribution < -0.4 is 0 Å². The molecule has 3 heterocycles. The Balaban J connectivity index is 1.48. The molecule has 0 unspecified atom stereocenters. The molecule has 0 saturated heterocycles. The predicted octanol–water partition coefficient (Wildman–Crippen LogP) is 6.08. The minimum Gasteiger partial charge on any atom is -0.348 e. The van der Waals surface area contributed by atoms with Crippen LogP contribution in [0.25, 0.3) is 10.2 Å². The topological polar surface area (TPSA) is 47.8 Å². The van der Waals surface area contributed by atoms with Crippen molar-refractivity contribution in [3.8, 4) is 0 Å². The molecule has 0 fully saturated rings. The number of rotatable bonds is 7. The molecule has 0 amide bonds. The van der Waals surface area contributed by atoms with Gasteiger partial charge in [0, 0.05) is 33.8 Å². The normalized spacial score (nSPS) is 11.4. The van der Waals surface area contributed by atoms with E-state index in [1.54, 1.807) is 17.7 Å². The molecule has 0 radical (unpaired) electrons. The van der Waals surface area contributed by atoms with E-state index in [0.29, 0.717) is 5.75 Å². The standard InChI is InChI=1S/C24H24FN3OS2/c1-14-11-20(16(3)28(14)10-9-18-5-7-19(25)8-6-18)21(29)12-30-23-22-15(2)17(4)31-24(22)27-13-26-23/h5-8,11,13H,9-10,12H2,1-4H3. The van der Waals surface area contributed by atoms with Gasteiger partial charge >= 0.3 is 0 Å². The Hall–Kier alpha value is -2.51. The number of aryl methyl sites for hydroxylation is 4. The highest BCUT2D eigenvalue weighted by Gasteiger charge is 2.18. The Morgan fingerprint density at radius 2 is 1.87 bits per heavy atom. The molecule has 4 nitrogen and oxygen atoms in total. The Labute approximate surface area is 189 Å². The van der Waals surface area contributed by atoms with Gasteiger partial charge in [0.15, 0.2) is 5.78 Å². The summed E-state index contributed by atoms with van der Waals surface area (Å²) < 4.78 is 15.3. The lowest BCUT2D eigenvalue weighted by Gasteiger charge is -2.10. The van der Waals surface area contributed by atoms with Crippen molar-refractivity contribution >= 4 is 39.1 Å². The van der Waals surface area contributed by atoms with Crippen LogP contribution in [0, 0.1) is 33.5 Å². The van der Waals surface area contributed by atoms with Crippen LogP contribution in [0.2, 0.25) is 0 Å². The maximum absolute atomic E-state index is 13.1. The van der Waals surface area contributed by atoms with Gasteiger partial charge in [-0.15, -0.1) is 11.3 Å². The van der Waals surface area contributed by atoms with Crippen molar-refractivity contribution in [3.63, 3.8) is 0 Å². The third-order valence-electron chi connectivity index (χ3n) is 5.68. The van der Waals surface area contributed by atoms with Gasteiger partial charge in [0.25, 0.3) is 0 Å². The van der Waals surface area contributed by atoms with Crippen LogP contribution in [0.5, 0.6) is 0 Å². The van der Waals surface area contributed by atoms with Crippen LogP contribution in [-0.4, -0.2) is 26.1 Å². The number of nitrogens with zero attached hydrogens (tertiary/aromatic N) is 3. The fraction of sp³-hybridized carbons (Fsp3) is 0.292. The first-order valence-electron chi connectivity index (χ1n) is 10.1. The molecule has 0 aliphatic rings. The van der Waals surface area contributed by atoms with E-state index in [-0.39, 0.29) is 11.6 Å². The molecule has 31 heavy (non-hydrogen) atoms. The van der Waals surface area contributed by atoms with Gasteiger partial charge < -0.3 is 4.57 Å². The third-order valence-corrected chi connectivity index (χ3v) is 7.79. The maximum Gasteiger partial charge on any atom is 0.174 e. The lowest BCUT2D eigenvalue weighted by atomic mass is 10.1. The number of fused-ring (bicyclic) bond motifs is 1. The minimum atomic E-state index is -0.226. The van der Waals surface area contributed by atoms with Crippen molar-refractivity contribution in [1.82, 2.24) is 14.5 Å². The molecule has 0 bridgehead atoms. The molecule has 0 atom stereocenters. The molecule has 0 aliphatic carbocycles. The van der Waals surface area contributed by atoms with Gasteiger partial charge in [-0.3, -0.25) is 4.79 Å². The number of carbonyl (C=O) groups is 1. The van der Waals surface area contributed by atoms with Gasteiger partial charge in [0.05, 0.1) is 5.75 Å². The Morgan fingerprint density at radius 1 is 1.13 bits per heavy atom. The summed E-state index contributed by atoms with van der Waals surface area (Å²) in [6.07, 6.45) is 2.36. The van der Waals surface area contributed by atoms with E-state index in [4.69, 9.17) is 0 Å². The smallest absolute Gasteiger partial charge is 0.174 e. The van der Waals surface area contributed by atoms with Gasteiger partial charge in [0.2, 0.25) is 0 Å². The van der Waals surface area contributed by atoms with Crippen molar-refractivity contribution in [2.45, 2.75) is 45.7 Å². The number of aromatic nitrogens is 3. The Kier molecular flexibility index (Phi) is 6.25. The number of carbonyl (C=O) groups excluding carboxylic acids is 1. The molecule has 1 aromatic carbocycles. The van der Waals surface area contributed by atoms with Crippen LogP contribution in [-0.2, 0) is 13.0 Å². The van der Waals surface area contributed by atoms with E-state index in [0.717, 1.165) is 50.7 Å². The van der Waals surface area contributed by atoms with Crippen molar-refractivity contribution in [2.24, 2.45) is 0 Å². The summed E-state index contributed by atoms with van der Waals surface area (Å²) in [6.45, 7) is 8.93. The average Bonchev–Trinajstić information content (AvgIpc) is 3.21. The highest BCUT2D eigenvalue weighted by molar-refractivity contribution is 8.00. The first kappa shape index (κ1) is 21.7. The quantitative estimate of drug-likeness (QED) is 0.193. The van der Waals surface area contributed by atoms with E-state index in [1.807, 2.05) is 32.0 Å². The zero-order chi connectivity index (χ0) is 22.1. The third kappa shape index (κ3) is 4.43. The monoisotopic (exact) mass is 453 g/mol. The first-order chi connectivity index (χ1) is 14.8. The summed E-state index contributed by atoms with van der Waals surface area (Å²) in [7, 11) is 0. The summed E-state index contributed by atoms with van der Waals surface area (Å²) in [5.41, 5.74) is 5.05. The molecular formula is C24H24FN3OS2. The highest BCUT2D eigenvalue weighted by Crippen LogP contribution is 2.34. The zero-order valence-electron chi connectivity index (χ0n) is 18.0. The molecule has 4 rings (SSSR count). The van der Waals surface area contributed by atoms with E-state index >= 15 is 0 Å². The number of thioether (sulfide) groups is 1. The molecule has 3 aromatic heterocycles. The second-order valence-corrected chi connectivity index (χ2v) is 9.83. The highest BCUT2D eigenvalue weighted by atomic mass is 32.2. The van der Waals surface area contributed by atoms with Gasteiger partial charge in [-0.05, 0) is 63.4 Å². The van der Waals surface area contributed by atoms with Crippen LogP contribution in [0.3, 0.4) is 0 Å². The average molecular weight is 454 g/mol. The Morgan fingerprint density at radius 3 is 2.61 bits per heavy atom. The molecule has 0 saturated carbocycles. The molecule has 0 spiro atoms. The second-order valence-electron chi connectivity index (χ2n) is 7.67. The van der Waals surface area contributed by atoms with Gasteiger partial charge in [-0.25, -0.2) is 14.4 Å². The maximum atomic E-state index is 13.1. The predicted molar refractivity (Wildman–Crippen MR) is 126 cm³/mol. The molecular weight excluding hydrogens is 429 g/mol.